The van der Waals surface area contributed by atoms with E-state index in [4.69, 9.17) is 30.9 Å². The van der Waals surface area contributed by atoms with Gasteiger partial charge in [0, 0.05) is 0 Å². The van der Waals surface area contributed by atoms with Gasteiger partial charge in [-0.15, -0.1) is 0 Å². The Bertz CT molecular complexity index is 210. The molecule has 0 aromatic carbocycles. The number of hydrogen-bond donors (Lipinski definition) is 8. The summed E-state index contributed by atoms with van der Waals surface area (Å²) in [7, 11) is 0. The number of guanidine groups is 1. The first kappa shape index (κ1) is 17.1. The van der Waals surface area contributed by atoms with Crippen LogP contribution in [0.3, 0.4) is 0 Å². The third kappa shape index (κ3) is 8.08. The number of aliphatic hydroxyl groups is 5. The van der Waals surface area contributed by atoms with Gasteiger partial charge < -0.3 is 41.8 Å². The minimum Gasteiger partial charge on any atom is -0.394 e. The van der Waals surface area contributed by atoms with Gasteiger partial charge in [-0.3, -0.25) is 5.41 Å². The van der Waals surface area contributed by atoms with Gasteiger partial charge in [0.15, 0.2) is 12.2 Å². The minimum atomic E-state index is -1.79. The molecule has 4 atom stereocenters. The largest absolute Gasteiger partial charge is 0.394 e. The van der Waals surface area contributed by atoms with E-state index in [0.717, 1.165) is 0 Å². The van der Waals surface area contributed by atoms with E-state index in [2.05, 4.69) is 11.5 Å². The van der Waals surface area contributed by atoms with Crippen LogP contribution in [0.4, 0.5) is 0 Å². The Kier molecular flexibility index (Phi) is 9.65. The predicted octanol–water partition coefficient (Wildman–Crippen LogP) is -4.54. The maximum Gasteiger partial charge on any atom is 0.183 e. The first-order valence-electron chi connectivity index (χ1n) is 4.15. The molecule has 4 unspecified atom stereocenters. The van der Waals surface area contributed by atoms with Gasteiger partial charge in [-0.05, 0) is 0 Å². The maximum absolute atomic E-state index is 9.90. The van der Waals surface area contributed by atoms with Crippen molar-refractivity contribution in [3.8, 4) is 0 Å². The van der Waals surface area contributed by atoms with Gasteiger partial charge >= 0.3 is 0 Å². The van der Waals surface area contributed by atoms with E-state index in [0.29, 0.717) is 0 Å². The first-order chi connectivity index (χ1) is 7.27. The summed E-state index contributed by atoms with van der Waals surface area (Å²) >= 11 is 0. The van der Waals surface area contributed by atoms with Crippen LogP contribution < -0.4 is 11.5 Å². The molecule has 0 aliphatic heterocycles. The molecule has 96 valence electrons. The highest BCUT2D eigenvalue weighted by Gasteiger charge is 2.29. The topological polar surface area (TPSA) is 194 Å². The molecule has 0 saturated carbocycles. The molecule has 0 aromatic rings. The van der Waals surface area contributed by atoms with E-state index < -0.39 is 31.0 Å². The number of nitrogens with one attached hydrogen (secondary N) is 1. The summed E-state index contributed by atoms with van der Waals surface area (Å²) in [6.07, 6.45) is -6.84. The number of carbonyl (C=O) groups excluding carboxylic acids is 1. The van der Waals surface area contributed by atoms with Crippen LogP contribution in [0, 0.1) is 5.41 Å². The van der Waals surface area contributed by atoms with E-state index in [1.807, 2.05) is 0 Å². The molecule has 0 heterocycles. The lowest BCUT2D eigenvalue weighted by atomic mass is 10.0. The lowest BCUT2D eigenvalue weighted by Gasteiger charge is -2.22. The van der Waals surface area contributed by atoms with Crippen LogP contribution in [0.2, 0.25) is 0 Å². The van der Waals surface area contributed by atoms with Gasteiger partial charge in [-0.1, -0.05) is 0 Å². The molecule has 0 rings (SSSR count). The van der Waals surface area contributed by atoms with Crippen molar-refractivity contribution in [2.75, 3.05) is 6.61 Å². The first-order valence-corrected chi connectivity index (χ1v) is 4.15. The minimum absolute atomic E-state index is 0.0258. The van der Waals surface area contributed by atoms with Crippen LogP contribution in [0.25, 0.3) is 0 Å². The zero-order valence-electron chi connectivity index (χ0n) is 8.39. The second-order valence-electron chi connectivity index (χ2n) is 2.81. The highest BCUT2D eigenvalue weighted by molar-refractivity contribution is 5.71. The SMILES string of the molecule is N=C(N)N.O=CC(O)C(O)C(O)C(O)CO. The van der Waals surface area contributed by atoms with Gasteiger partial charge in [-0.25, -0.2) is 0 Å². The number of nitrogens with two attached hydrogens (primary N) is 2. The molecule has 0 amide bonds. The van der Waals surface area contributed by atoms with Crippen LogP contribution >= 0.6 is 0 Å². The fourth-order valence-electron chi connectivity index (χ4n) is 0.618. The Morgan fingerprint density at radius 3 is 1.81 bits per heavy atom. The van der Waals surface area contributed by atoms with E-state index in [-0.39, 0.29) is 12.2 Å². The molecule has 0 spiro atoms. The highest BCUT2D eigenvalue weighted by atomic mass is 16.4. The predicted molar refractivity (Wildman–Crippen MR) is 53.3 cm³/mol. The summed E-state index contributed by atoms with van der Waals surface area (Å²) in [6, 6.07) is 0. The van der Waals surface area contributed by atoms with Gasteiger partial charge in [0.05, 0.1) is 6.61 Å². The third-order valence-electron chi connectivity index (χ3n) is 1.42. The Hall–Kier alpha value is -1.26. The molecule has 9 nitrogen and oxygen atoms in total. The lowest BCUT2D eigenvalue weighted by molar-refractivity contribution is -0.136. The van der Waals surface area contributed by atoms with Crippen molar-refractivity contribution in [2.45, 2.75) is 24.4 Å². The molecule has 9 heteroatoms. The summed E-state index contributed by atoms with van der Waals surface area (Å²) in [5, 5.41) is 49.6. The molecule has 0 bridgehead atoms. The van der Waals surface area contributed by atoms with Crippen molar-refractivity contribution < 1.29 is 30.3 Å². The van der Waals surface area contributed by atoms with Crippen molar-refractivity contribution >= 4 is 12.2 Å². The fraction of sp³-hybridized carbons (Fsp3) is 0.714. The zero-order valence-corrected chi connectivity index (χ0v) is 8.39. The highest BCUT2D eigenvalue weighted by Crippen LogP contribution is 2.02. The lowest BCUT2D eigenvalue weighted by Crippen LogP contribution is -2.46. The molecule has 10 N–H and O–H groups in total. The fourth-order valence-corrected chi connectivity index (χ4v) is 0.618. The van der Waals surface area contributed by atoms with Crippen LogP contribution in [0.15, 0.2) is 0 Å². The second kappa shape index (κ2) is 9.00. The summed E-state index contributed by atoms with van der Waals surface area (Å²) in [4.78, 5) is 9.90. The maximum atomic E-state index is 9.90. The monoisotopic (exact) mass is 239 g/mol. The van der Waals surface area contributed by atoms with Crippen molar-refractivity contribution in [3.63, 3.8) is 0 Å². The standard InChI is InChI=1S/C6H12O6.CH5N3/c7-1-3(9)5(11)6(12)4(10)2-8;2-1(3)4/h1,3-6,8-12H,2H2;(H5,2,3,4). The molecular formula is C7H17N3O6. The van der Waals surface area contributed by atoms with Crippen molar-refractivity contribution in [1.82, 2.24) is 0 Å². The number of aldehydes is 1. The van der Waals surface area contributed by atoms with Gasteiger partial charge in [0.2, 0.25) is 0 Å². The number of aliphatic hydroxyl groups excluding tert-OH is 5. The number of rotatable bonds is 5. The molecule has 0 radical (unpaired) electrons. The van der Waals surface area contributed by atoms with Crippen LogP contribution in [-0.2, 0) is 4.79 Å². The molecule has 0 aromatic heterocycles. The quantitative estimate of drug-likeness (QED) is 0.133. The molecular weight excluding hydrogens is 222 g/mol. The van der Waals surface area contributed by atoms with Crippen LogP contribution in [-0.4, -0.2) is 68.8 Å². The Labute approximate surface area is 91.4 Å². The smallest absolute Gasteiger partial charge is 0.183 e. The van der Waals surface area contributed by atoms with Crippen LogP contribution in [0.1, 0.15) is 0 Å². The number of hydrogen-bond acceptors (Lipinski definition) is 7. The average Bonchev–Trinajstić information content (AvgIpc) is 2.24. The van der Waals surface area contributed by atoms with Crippen LogP contribution in [0.5, 0.6) is 0 Å². The van der Waals surface area contributed by atoms with E-state index in [9.17, 15) is 4.79 Å². The second-order valence-corrected chi connectivity index (χ2v) is 2.81. The zero-order chi connectivity index (χ0) is 13.3. The Morgan fingerprint density at radius 2 is 1.56 bits per heavy atom. The molecule has 0 fully saturated rings. The van der Waals surface area contributed by atoms with E-state index in [1.165, 1.54) is 0 Å². The third-order valence-corrected chi connectivity index (χ3v) is 1.42. The van der Waals surface area contributed by atoms with Crippen molar-refractivity contribution in [3.05, 3.63) is 0 Å². The molecule has 16 heavy (non-hydrogen) atoms. The average molecular weight is 239 g/mol. The van der Waals surface area contributed by atoms with Gasteiger partial charge in [0.1, 0.15) is 24.4 Å². The van der Waals surface area contributed by atoms with E-state index in [1.54, 1.807) is 0 Å². The normalized spacial score (nSPS) is 17.3. The number of carbonyl (C=O) groups is 1. The van der Waals surface area contributed by atoms with Crippen molar-refractivity contribution in [1.29, 1.82) is 5.41 Å². The van der Waals surface area contributed by atoms with Gasteiger partial charge in [0.25, 0.3) is 0 Å². The van der Waals surface area contributed by atoms with Gasteiger partial charge in [-0.2, -0.15) is 0 Å². The van der Waals surface area contributed by atoms with E-state index >= 15 is 0 Å². The van der Waals surface area contributed by atoms with Crippen molar-refractivity contribution in [2.24, 2.45) is 11.5 Å². The summed E-state index contributed by atoms with van der Waals surface area (Å²) in [5.41, 5.74) is 8.94. The molecule has 0 saturated heterocycles. The molecule has 0 aliphatic carbocycles. The summed E-state index contributed by atoms with van der Waals surface area (Å²) in [5.74, 6) is -0.333. The Balaban J connectivity index is 0. The molecule has 0 aliphatic rings. The summed E-state index contributed by atoms with van der Waals surface area (Å²) in [6.45, 7) is -0.760. The summed E-state index contributed by atoms with van der Waals surface area (Å²) < 4.78 is 0. The Morgan fingerprint density at radius 1 is 1.19 bits per heavy atom.